The standard InChI is InChI=1S/C32H32Cl2N4O6/c1-19(2)44-26-16-24(43-3)12-13-25(26)31-35-29(20-4-8-22(33)9-5-20)30(21-6-10-23(34)11-7-21)38(31)32(42)37-15-14-36(18-28(40)41)27(39)17-37/h4-13,16,19,29-30H,14-15,17-18H2,1-3H3,(H,40,41). The lowest BCUT2D eigenvalue weighted by Crippen LogP contribution is -2.57. The topological polar surface area (TPSA) is 112 Å². The van der Waals surface area contributed by atoms with Crippen molar-refractivity contribution in [2.24, 2.45) is 4.99 Å². The van der Waals surface area contributed by atoms with Gasteiger partial charge in [-0.15, -0.1) is 0 Å². The van der Waals surface area contributed by atoms with Crippen molar-refractivity contribution < 1.29 is 29.0 Å². The summed E-state index contributed by atoms with van der Waals surface area (Å²) >= 11 is 12.5. The lowest BCUT2D eigenvalue weighted by atomic mass is 9.93. The number of carbonyl (C=O) groups excluding carboxylic acids is 2. The fourth-order valence-corrected chi connectivity index (χ4v) is 5.63. The maximum atomic E-state index is 14.6. The van der Waals surface area contributed by atoms with Crippen molar-refractivity contribution in [1.29, 1.82) is 0 Å². The van der Waals surface area contributed by atoms with Gasteiger partial charge in [-0.25, -0.2) is 4.79 Å². The minimum Gasteiger partial charge on any atom is -0.497 e. The number of urea groups is 1. The molecule has 5 rings (SSSR count). The van der Waals surface area contributed by atoms with Gasteiger partial charge in [0.1, 0.15) is 36.5 Å². The molecule has 2 aliphatic rings. The first-order valence-corrected chi connectivity index (χ1v) is 14.8. The Morgan fingerprint density at radius 2 is 1.61 bits per heavy atom. The molecular formula is C32H32Cl2N4O6. The van der Waals surface area contributed by atoms with Crippen molar-refractivity contribution >= 4 is 46.9 Å². The average molecular weight is 640 g/mol. The predicted molar refractivity (Wildman–Crippen MR) is 167 cm³/mol. The van der Waals surface area contributed by atoms with Gasteiger partial charge >= 0.3 is 12.0 Å². The van der Waals surface area contributed by atoms with Gasteiger partial charge < -0.3 is 24.4 Å². The number of aliphatic carboxylic acids is 1. The number of amidine groups is 1. The number of methoxy groups -OCH3 is 1. The third-order valence-electron chi connectivity index (χ3n) is 7.40. The van der Waals surface area contributed by atoms with Crippen LogP contribution >= 0.6 is 23.2 Å². The van der Waals surface area contributed by atoms with Crippen LogP contribution in [0.3, 0.4) is 0 Å². The average Bonchev–Trinajstić information content (AvgIpc) is 3.38. The van der Waals surface area contributed by atoms with E-state index in [-0.39, 0.29) is 25.7 Å². The third kappa shape index (κ3) is 6.61. The molecule has 0 bridgehead atoms. The smallest absolute Gasteiger partial charge is 0.326 e. The zero-order chi connectivity index (χ0) is 31.5. The van der Waals surface area contributed by atoms with Crippen molar-refractivity contribution in [3.05, 3.63) is 93.5 Å². The number of aliphatic imine (C=N–C) groups is 1. The largest absolute Gasteiger partial charge is 0.497 e. The summed E-state index contributed by atoms with van der Waals surface area (Å²) in [6, 6.07) is 18.2. The molecule has 0 aliphatic carbocycles. The van der Waals surface area contributed by atoms with Crippen molar-refractivity contribution in [2.45, 2.75) is 32.0 Å². The molecule has 0 aromatic heterocycles. The number of benzene rings is 3. The van der Waals surface area contributed by atoms with Gasteiger partial charge in [0.2, 0.25) is 5.91 Å². The number of carboxylic acid groups (broad SMARTS) is 1. The fourth-order valence-electron chi connectivity index (χ4n) is 5.37. The number of nitrogens with zero attached hydrogens (tertiary/aromatic N) is 4. The normalized spacial score (nSPS) is 18.5. The van der Waals surface area contributed by atoms with E-state index < -0.39 is 36.5 Å². The van der Waals surface area contributed by atoms with Crippen LogP contribution in [0.15, 0.2) is 71.7 Å². The monoisotopic (exact) mass is 638 g/mol. The summed E-state index contributed by atoms with van der Waals surface area (Å²) in [5, 5.41) is 10.3. The number of amides is 3. The fraction of sp³-hybridized carbons (Fsp3) is 0.312. The Balaban J connectivity index is 1.65. The van der Waals surface area contributed by atoms with Gasteiger partial charge in [-0.3, -0.25) is 19.5 Å². The van der Waals surface area contributed by atoms with E-state index >= 15 is 0 Å². The van der Waals surface area contributed by atoms with E-state index in [1.165, 1.54) is 9.80 Å². The Hall–Kier alpha value is -4.28. The van der Waals surface area contributed by atoms with Gasteiger partial charge in [-0.2, -0.15) is 0 Å². The van der Waals surface area contributed by atoms with Crippen LogP contribution in [0.1, 0.15) is 42.6 Å². The highest BCUT2D eigenvalue weighted by atomic mass is 35.5. The number of hydrogen-bond donors (Lipinski definition) is 1. The molecule has 12 heteroatoms. The number of rotatable bonds is 8. The zero-order valence-electron chi connectivity index (χ0n) is 24.4. The SMILES string of the molecule is COc1ccc(C2=NC(c3ccc(Cl)cc3)C(c3ccc(Cl)cc3)N2C(=O)N2CCN(CC(=O)O)C(=O)C2)c(OC(C)C)c1. The number of carbonyl (C=O) groups is 3. The number of piperazine rings is 1. The predicted octanol–water partition coefficient (Wildman–Crippen LogP) is 5.68. The molecule has 3 amide bonds. The molecule has 10 nitrogen and oxygen atoms in total. The molecule has 3 aromatic carbocycles. The Morgan fingerprint density at radius 3 is 2.18 bits per heavy atom. The van der Waals surface area contributed by atoms with E-state index in [0.29, 0.717) is 32.9 Å². The van der Waals surface area contributed by atoms with Crippen LogP contribution in [-0.2, 0) is 9.59 Å². The molecule has 0 radical (unpaired) electrons. The maximum absolute atomic E-state index is 14.6. The molecule has 1 N–H and O–H groups in total. The van der Waals surface area contributed by atoms with E-state index in [1.54, 1.807) is 54.5 Å². The summed E-state index contributed by atoms with van der Waals surface area (Å²) in [6.45, 7) is 3.35. The van der Waals surface area contributed by atoms with E-state index in [9.17, 15) is 19.5 Å². The molecule has 2 atom stereocenters. The van der Waals surface area contributed by atoms with Gasteiger partial charge in [0.25, 0.3) is 0 Å². The molecule has 0 spiro atoms. The van der Waals surface area contributed by atoms with Crippen molar-refractivity contribution in [2.75, 3.05) is 33.3 Å². The molecular weight excluding hydrogens is 607 g/mol. The van der Waals surface area contributed by atoms with Crippen LogP contribution in [-0.4, -0.2) is 82.9 Å². The highest BCUT2D eigenvalue weighted by Crippen LogP contribution is 2.46. The van der Waals surface area contributed by atoms with Gasteiger partial charge in [0.05, 0.1) is 24.8 Å². The zero-order valence-corrected chi connectivity index (χ0v) is 26.0. The number of hydrogen-bond acceptors (Lipinski definition) is 6. The summed E-state index contributed by atoms with van der Waals surface area (Å²) in [5.74, 6) is -0.156. The second kappa shape index (κ2) is 13.2. The molecule has 0 saturated carbocycles. The molecule has 2 heterocycles. The molecule has 230 valence electrons. The lowest BCUT2D eigenvalue weighted by molar-refractivity contribution is -0.146. The van der Waals surface area contributed by atoms with E-state index in [1.807, 2.05) is 38.1 Å². The van der Waals surface area contributed by atoms with Crippen molar-refractivity contribution in [1.82, 2.24) is 14.7 Å². The highest BCUT2D eigenvalue weighted by molar-refractivity contribution is 6.30. The maximum Gasteiger partial charge on any atom is 0.326 e. The number of carboxylic acids is 1. The van der Waals surface area contributed by atoms with Gasteiger partial charge in [-0.05, 0) is 61.4 Å². The van der Waals surface area contributed by atoms with Crippen LogP contribution < -0.4 is 9.47 Å². The van der Waals surface area contributed by atoms with E-state index in [2.05, 4.69) is 0 Å². The van der Waals surface area contributed by atoms with Crippen LogP contribution in [0.4, 0.5) is 4.79 Å². The van der Waals surface area contributed by atoms with Gasteiger partial charge in [0.15, 0.2) is 0 Å². The van der Waals surface area contributed by atoms with Crippen LogP contribution in [0, 0.1) is 0 Å². The number of ether oxygens (including phenoxy) is 2. The highest BCUT2D eigenvalue weighted by Gasteiger charge is 2.45. The minimum absolute atomic E-state index is 0.0909. The van der Waals surface area contributed by atoms with Crippen LogP contribution in [0.2, 0.25) is 10.0 Å². The second-order valence-electron chi connectivity index (χ2n) is 10.8. The molecule has 1 fully saturated rings. The Labute approximate surface area is 265 Å². The van der Waals surface area contributed by atoms with Crippen LogP contribution in [0.5, 0.6) is 11.5 Å². The molecule has 1 saturated heterocycles. The van der Waals surface area contributed by atoms with Crippen molar-refractivity contribution in [3.63, 3.8) is 0 Å². The van der Waals surface area contributed by atoms with E-state index in [4.69, 9.17) is 37.7 Å². The third-order valence-corrected chi connectivity index (χ3v) is 7.91. The summed E-state index contributed by atoms with van der Waals surface area (Å²) in [6.07, 6.45) is -0.189. The summed E-state index contributed by atoms with van der Waals surface area (Å²) in [7, 11) is 1.56. The summed E-state index contributed by atoms with van der Waals surface area (Å²) in [4.78, 5) is 48.2. The van der Waals surface area contributed by atoms with Crippen molar-refractivity contribution in [3.8, 4) is 11.5 Å². The van der Waals surface area contributed by atoms with Gasteiger partial charge in [-0.1, -0.05) is 47.5 Å². The van der Waals surface area contributed by atoms with Gasteiger partial charge in [0, 0.05) is 29.2 Å². The first-order valence-electron chi connectivity index (χ1n) is 14.1. The lowest BCUT2D eigenvalue weighted by Gasteiger charge is -2.38. The molecule has 3 aromatic rings. The Kier molecular flexibility index (Phi) is 9.31. The number of halogens is 2. The quantitative estimate of drug-likeness (QED) is 0.340. The second-order valence-corrected chi connectivity index (χ2v) is 11.6. The summed E-state index contributed by atoms with van der Waals surface area (Å²) < 4.78 is 11.7. The Morgan fingerprint density at radius 1 is 0.977 bits per heavy atom. The Bertz CT molecular complexity index is 1580. The first-order chi connectivity index (χ1) is 21.0. The molecule has 44 heavy (non-hydrogen) atoms. The summed E-state index contributed by atoms with van der Waals surface area (Å²) in [5.41, 5.74) is 2.17. The molecule has 2 unspecified atom stereocenters. The van der Waals surface area contributed by atoms with E-state index in [0.717, 1.165) is 11.1 Å². The minimum atomic E-state index is -1.11. The first kappa shape index (κ1) is 31.2. The van der Waals surface area contributed by atoms with Crippen LogP contribution in [0.25, 0.3) is 0 Å². The molecule has 2 aliphatic heterocycles.